The second-order valence-electron chi connectivity index (χ2n) is 3.87. The Morgan fingerprint density at radius 1 is 1.26 bits per heavy atom. The molecule has 0 atom stereocenters. The van der Waals surface area contributed by atoms with Crippen LogP contribution in [0.5, 0.6) is 11.5 Å². The molecule has 0 aliphatic heterocycles. The molecule has 0 aliphatic carbocycles. The van der Waals surface area contributed by atoms with Crippen molar-refractivity contribution in [1.29, 1.82) is 0 Å². The predicted molar refractivity (Wildman–Crippen MR) is 72.4 cm³/mol. The van der Waals surface area contributed by atoms with Crippen molar-refractivity contribution in [3.63, 3.8) is 0 Å². The summed E-state index contributed by atoms with van der Waals surface area (Å²) in [5.41, 5.74) is 6.07. The molecule has 0 saturated heterocycles. The van der Waals surface area contributed by atoms with E-state index in [2.05, 4.69) is 0 Å². The molecule has 19 heavy (non-hydrogen) atoms. The van der Waals surface area contributed by atoms with E-state index in [1.54, 1.807) is 24.3 Å². The molecule has 2 aromatic carbocycles. The molecule has 98 valence electrons. The summed E-state index contributed by atoms with van der Waals surface area (Å²) < 4.78 is 5.62. The largest absolute Gasteiger partial charge is 0.457 e. The summed E-state index contributed by atoms with van der Waals surface area (Å²) in [6, 6.07) is 11.7. The fraction of sp³-hybridized carbons (Fsp3) is 0.0714. The van der Waals surface area contributed by atoms with Crippen LogP contribution in [-0.4, -0.2) is 11.0 Å². The molecule has 1 amide bonds. The molecule has 0 radical (unpaired) electrons. The predicted octanol–water partition coefficient (Wildman–Crippen LogP) is 2.72. The smallest absolute Gasteiger partial charge is 0.250 e. The number of benzene rings is 2. The summed E-state index contributed by atoms with van der Waals surface area (Å²) in [7, 11) is 0. The fourth-order valence-electron chi connectivity index (χ4n) is 1.62. The lowest BCUT2D eigenvalue weighted by atomic mass is 10.2. The third-order valence-corrected chi connectivity index (χ3v) is 2.89. The van der Waals surface area contributed by atoms with Crippen molar-refractivity contribution in [2.45, 2.75) is 6.61 Å². The highest BCUT2D eigenvalue weighted by Crippen LogP contribution is 2.28. The van der Waals surface area contributed by atoms with E-state index < -0.39 is 5.91 Å². The number of primary amides is 1. The molecule has 0 spiro atoms. The van der Waals surface area contributed by atoms with E-state index in [9.17, 15) is 9.90 Å². The van der Waals surface area contributed by atoms with Gasteiger partial charge in [0.25, 0.3) is 0 Å². The standard InChI is InChI=1S/C14H12ClNO3/c15-12-7-10(5-6-11(12)14(16)18)19-13-4-2-1-3-9(13)8-17/h1-7,17H,8H2,(H2,16,18). The van der Waals surface area contributed by atoms with Crippen molar-refractivity contribution in [1.82, 2.24) is 0 Å². The number of hydrogen-bond donors (Lipinski definition) is 2. The Morgan fingerprint density at radius 2 is 2.00 bits per heavy atom. The molecule has 2 aromatic rings. The number of aliphatic hydroxyl groups excluding tert-OH is 1. The van der Waals surface area contributed by atoms with Gasteiger partial charge in [0.15, 0.2) is 0 Å². The molecule has 4 nitrogen and oxygen atoms in total. The first-order chi connectivity index (χ1) is 9.11. The molecule has 0 bridgehead atoms. The highest BCUT2D eigenvalue weighted by molar-refractivity contribution is 6.33. The summed E-state index contributed by atoms with van der Waals surface area (Å²) in [6.07, 6.45) is 0. The highest BCUT2D eigenvalue weighted by atomic mass is 35.5. The number of carbonyl (C=O) groups excluding carboxylic acids is 1. The Hall–Kier alpha value is -2.04. The van der Waals surface area contributed by atoms with Gasteiger partial charge in [-0.25, -0.2) is 0 Å². The van der Waals surface area contributed by atoms with Crippen molar-refractivity contribution in [3.8, 4) is 11.5 Å². The number of halogens is 1. The number of carbonyl (C=O) groups is 1. The Morgan fingerprint density at radius 3 is 2.63 bits per heavy atom. The zero-order valence-electron chi connectivity index (χ0n) is 9.97. The quantitative estimate of drug-likeness (QED) is 0.902. The van der Waals surface area contributed by atoms with Crippen LogP contribution in [0.2, 0.25) is 5.02 Å². The fourth-order valence-corrected chi connectivity index (χ4v) is 1.88. The van der Waals surface area contributed by atoms with Gasteiger partial charge in [-0.15, -0.1) is 0 Å². The SMILES string of the molecule is NC(=O)c1ccc(Oc2ccccc2CO)cc1Cl. The van der Waals surface area contributed by atoms with Gasteiger partial charge >= 0.3 is 0 Å². The van der Waals surface area contributed by atoms with Gasteiger partial charge in [0, 0.05) is 11.6 Å². The minimum atomic E-state index is -0.590. The Balaban J connectivity index is 2.29. The maximum Gasteiger partial charge on any atom is 0.250 e. The summed E-state index contributed by atoms with van der Waals surface area (Å²) in [6.45, 7) is -0.122. The number of hydrogen-bond acceptors (Lipinski definition) is 3. The minimum absolute atomic E-state index is 0.122. The second kappa shape index (κ2) is 5.73. The van der Waals surface area contributed by atoms with Crippen molar-refractivity contribution in [2.75, 3.05) is 0 Å². The van der Waals surface area contributed by atoms with Gasteiger partial charge in [-0.3, -0.25) is 4.79 Å². The number of aliphatic hydroxyl groups is 1. The highest BCUT2D eigenvalue weighted by Gasteiger charge is 2.09. The average Bonchev–Trinajstić information content (AvgIpc) is 2.39. The van der Waals surface area contributed by atoms with Crippen molar-refractivity contribution in [3.05, 3.63) is 58.6 Å². The van der Waals surface area contributed by atoms with Crippen LogP contribution in [0.1, 0.15) is 15.9 Å². The van der Waals surface area contributed by atoms with Crippen LogP contribution in [0.25, 0.3) is 0 Å². The van der Waals surface area contributed by atoms with Gasteiger partial charge in [0.05, 0.1) is 17.2 Å². The number of para-hydroxylation sites is 1. The van der Waals surface area contributed by atoms with Crippen molar-refractivity contribution >= 4 is 17.5 Å². The number of nitrogens with two attached hydrogens (primary N) is 1. The zero-order valence-corrected chi connectivity index (χ0v) is 10.7. The molecule has 5 heteroatoms. The number of ether oxygens (including phenoxy) is 1. The molecule has 0 aromatic heterocycles. The van der Waals surface area contributed by atoms with Gasteiger partial charge in [-0.1, -0.05) is 29.8 Å². The van der Waals surface area contributed by atoms with Crippen LogP contribution in [-0.2, 0) is 6.61 Å². The van der Waals surface area contributed by atoms with Crippen LogP contribution < -0.4 is 10.5 Å². The van der Waals surface area contributed by atoms with Gasteiger partial charge in [0.1, 0.15) is 11.5 Å². The van der Waals surface area contributed by atoms with Crippen LogP contribution in [0.3, 0.4) is 0 Å². The third-order valence-electron chi connectivity index (χ3n) is 2.58. The first-order valence-corrected chi connectivity index (χ1v) is 5.95. The molecule has 0 aliphatic rings. The number of rotatable bonds is 4. The molecule has 0 unspecified atom stereocenters. The van der Waals surface area contributed by atoms with Gasteiger partial charge in [-0.05, 0) is 18.2 Å². The summed E-state index contributed by atoms with van der Waals surface area (Å²) in [5.74, 6) is 0.413. The van der Waals surface area contributed by atoms with Crippen LogP contribution >= 0.6 is 11.6 Å². The maximum absolute atomic E-state index is 11.1. The first kappa shape index (κ1) is 13.4. The van der Waals surface area contributed by atoms with Crippen LogP contribution in [0.15, 0.2) is 42.5 Å². The van der Waals surface area contributed by atoms with Crippen LogP contribution in [0, 0.1) is 0 Å². The number of amides is 1. The van der Waals surface area contributed by atoms with E-state index in [-0.39, 0.29) is 17.2 Å². The Labute approximate surface area is 115 Å². The van der Waals surface area contributed by atoms with E-state index in [1.807, 2.05) is 6.07 Å². The average molecular weight is 278 g/mol. The molecule has 0 heterocycles. The summed E-state index contributed by atoms with van der Waals surface area (Å²) >= 11 is 5.93. The first-order valence-electron chi connectivity index (χ1n) is 5.58. The van der Waals surface area contributed by atoms with Gasteiger partial charge in [-0.2, -0.15) is 0 Å². The lowest BCUT2D eigenvalue weighted by Crippen LogP contribution is -2.11. The Kier molecular flexibility index (Phi) is 4.04. The topological polar surface area (TPSA) is 72.6 Å². The molecule has 0 saturated carbocycles. The summed E-state index contributed by atoms with van der Waals surface area (Å²) in [4.78, 5) is 11.1. The van der Waals surface area contributed by atoms with Crippen molar-refractivity contribution < 1.29 is 14.6 Å². The Bertz CT molecular complexity index is 613. The molecule has 3 N–H and O–H groups in total. The lowest BCUT2D eigenvalue weighted by molar-refractivity contribution is 0.100. The minimum Gasteiger partial charge on any atom is -0.457 e. The van der Waals surface area contributed by atoms with E-state index in [1.165, 1.54) is 12.1 Å². The normalized spacial score (nSPS) is 10.2. The monoisotopic (exact) mass is 277 g/mol. The van der Waals surface area contributed by atoms with E-state index in [4.69, 9.17) is 22.1 Å². The second-order valence-corrected chi connectivity index (χ2v) is 4.28. The summed E-state index contributed by atoms with van der Waals surface area (Å²) in [5, 5.41) is 9.43. The zero-order chi connectivity index (χ0) is 13.8. The lowest BCUT2D eigenvalue weighted by Gasteiger charge is -2.10. The van der Waals surface area contributed by atoms with E-state index in [0.717, 1.165) is 0 Å². The molecular formula is C14H12ClNO3. The van der Waals surface area contributed by atoms with E-state index in [0.29, 0.717) is 17.1 Å². The maximum atomic E-state index is 11.1. The van der Waals surface area contributed by atoms with Crippen molar-refractivity contribution in [2.24, 2.45) is 5.73 Å². The van der Waals surface area contributed by atoms with E-state index >= 15 is 0 Å². The van der Waals surface area contributed by atoms with Gasteiger partial charge < -0.3 is 15.6 Å². The van der Waals surface area contributed by atoms with Crippen LogP contribution in [0.4, 0.5) is 0 Å². The molecule has 0 fully saturated rings. The molecular weight excluding hydrogens is 266 g/mol. The van der Waals surface area contributed by atoms with Gasteiger partial charge in [0.2, 0.25) is 5.91 Å². The molecule has 2 rings (SSSR count). The third kappa shape index (κ3) is 3.05.